The largest absolute Gasteiger partial charge is 0.461 e. The number of alkyl halides is 3. The number of halogens is 3. The molecule has 0 bridgehead atoms. The molecule has 0 aliphatic heterocycles. The first-order valence-corrected chi connectivity index (χ1v) is 6.66. The summed E-state index contributed by atoms with van der Waals surface area (Å²) >= 11 is 0. The number of hydrogen-bond acceptors (Lipinski definition) is 4. The number of rotatable bonds is 7. The highest BCUT2D eigenvalue weighted by Gasteiger charge is 2.28. The minimum Gasteiger partial charge on any atom is -0.461 e. The lowest BCUT2D eigenvalue weighted by molar-refractivity contribution is -0.174. The summed E-state index contributed by atoms with van der Waals surface area (Å²) in [6, 6.07) is 1.83. The zero-order valence-electron chi connectivity index (χ0n) is 11.4. The van der Waals surface area contributed by atoms with Gasteiger partial charge in [-0.15, -0.1) is 0 Å². The SMILES string of the molecule is Nc1cc(C(=O)OCCCOCC(F)(F)F)n(C2CC2)c1. The van der Waals surface area contributed by atoms with E-state index in [4.69, 9.17) is 10.5 Å². The van der Waals surface area contributed by atoms with Gasteiger partial charge < -0.3 is 19.8 Å². The molecule has 1 aromatic heterocycles. The summed E-state index contributed by atoms with van der Waals surface area (Å²) in [4.78, 5) is 11.9. The van der Waals surface area contributed by atoms with Crippen LogP contribution < -0.4 is 5.73 Å². The van der Waals surface area contributed by atoms with Crippen molar-refractivity contribution < 1.29 is 27.4 Å². The highest BCUT2D eigenvalue weighted by Crippen LogP contribution is 2.37. The first kappa shape index (κ1) is 15.7. The van der Waals surface area contributed by atoms with Crippen LogP contribution in [0.2, 0.25) is 0 Å². The van der Waals surface area contributed by atoms with E-state index in [1.165, 1.54) is 0 Å². The maximum absolute atomic E-state index is 11.9. The Bertz CT molecular complexity index is 495. The zero-order chi connectivity index (χ0) is 15.5. The summed E-state index contributed by atoms with van der Waals surface area (Å²) in [6.45, 7) is -1.40. The van der Waals surface area contributed by atoms with E-state index >= 15 is 0 Å². The number of nitrogens with two attached hydrogens (primary N) is 1. The van der Waals surface area contributed by atoms with Crippen molar-refractivity contribution in [3.8, 4) is 0 Å². The molecule has 8 heteroatoms. The number of esters is 1. The fourth-order valence-electron chi connectivity index (χ4n) is 1.91. The standard InChI is InChI=1S/C13H17F3N2O3/c14-13(15,16)8-20-4-1-5-21-12(19)11-6-9(17)7-18(11)10-2-3-10/h6-7,10H,1-5,8,17H2. The van der Waals surface area contributed by atoms with Crippen LogP contribution in [0.25, 0.3) is 0 Å². The first-order valence-electron chi connectivity index (χ1n) is 6.66. The molecule has 1 aliphatic carbocycles. The lowest BCUT2D eigenvalue weighted by Gasteiger charge is -2.09. The maximum atomic E-state index is 11.9. The molecule has 2 rings (SSSR count). The summed E-state index contributed by atoms with van der Waals surface area (Å²) in [5.74, 6) is -0.519. The van der Waals surface area contributed by atoms with Crippen LogP contribution in [0, 0.1) is 0 Å². The van der Waals surface area contributed by atoms with Crippen molar-refractivity contribution in [3.63, 3.8) is 0 Å². The van der Waals surface area contributed by atoms with E-state index in [9.17, 15) is 18.0 Å². The van der Waals surface area contributed by atoms with Gasteiger partial charge in [0.1, 0.15) is 12.3 Å². The van der Waals surface area contributed by atoms with Crippen molar-refractivity contribution in [2.24, 2.45) is 0 Å². The normalized spacial score (nSPS) is 15.2. The van der Waals surface area contributed by atoms with Crippen molar-refractivity contribution in [3.05, 3.63) is 18.0 Å². The molecule has 0 spiro atoms. The molecule has 0 saturated heterocycles. The third-order valence-corrected chi connectivity index (χ3v) is 2.95. The highest BCUT2D eigenvalue weighted by molar-refractivity contribution is 5.89. The Morgan fingerprint density at radius 3 is 2.71 bits per heavy atom. The first-order chi connectivity index (χ1) is 9.87. The Balaban J connectivity index is 1.70. The highest BCUT2D eigenvalue weighted by atomic mass is 19.4. The molecule has 0 aromatic carbocycles. The third kappa shape index (κ3) is 4.96. The quantitative estimate of drug-likeness (QED) is 0.621. The average molecular weight is 306 g/mol. The van der Waals surface area contributed by atoms with Gasteiger partial charge in [0.05, 0.1) is 18.9 Å². The summed E-state index contributed by atoms with van der Waals surface area (Å²) in [5, 5.41) is 0. The zero-order valence-corrected chi connectivity index (χ0v) is 11.4. The monoisotopic (exact) mass is 306 g/mol. The number of hydrogen-bond donors (Lipinski definition) is 1. The van der Waals surface area contributed by atoms with Gasteiger partial charge in [-0.25, -0.2) is 4.79 Å². The van der Waals surface area contributed by atoms with Gasteiger partial charge in [-0.05, 0) is 18.9 Å². The van der Waals surface area contributed by atoms with Gasteiger partial charge >= 0.3 is 12.1 Å². The molecule has 0 amide bonds. The van der Waals surface area contributed by atoms with Crippen LogP contribution in [-0.2, 0) is 9.47 Å². The van der Waals surface area contributed by atoms with E-state index in [1.807, 2.05) is 0 Å². The molecule has 1 fully saturated rings. The number of ether oxygens (including phenoxy) is 2. The van der Waals surface area contributed by atoms with Crippen molar-refractivity contribution in [2.45, 2.75) is 31.5 Å². The van der Waals surface area contributed by atoms with E-state index < -0.39 is 18.8 Å². The van der Waals surface area contributed by atoms with Crippen molar-refractivity contribution in [2.75, 3.05) is 25.6 Å². The molecule has 1 saturated carbocycles. The maximum Gasteiger partial charge on any atom is 0.411 e. The fourth-order valence-corrected chi connectivity index (χ4v) is 1.91. The lowest BCUT2D eigenvalue weighted by atomic mass is 10.4. The van der Waals surface area contributed by atoms with E-state index in [2.05, 4.69) is 4.74 Å². The molecule has 2 N–H and O–H groups in total. The number of carbonyl (C=O) groups excluding carboxylic acids is 1. The minimum atomic E-state index is -4.33. The molecule has 21 heavy (non-hydrogen) atoms. The van der Waals surface area contributed by atoms with Gasteiger partial charge in [-0.1, -0.05) is 0 Å². The van der Waals surface area contributed by atoms with Gasteiger partial charge in [0, 0.05) is 18.7 Å². The van der Waals surface area contributed by atoms with Gasteiger partial charge in [-0.2, -0.15) is 13.2 Å². The fraction of sp³-hybridized carbons (Fsp3) is 0.615. The van der Waals surface area contributed by atoms with Gasteiger partial charge in [0.25, 0.3) is 0 Å². The molecule has 0 unspecified atom stereocenters. The van der Waals surface area contributed by atoms with Gasteiger partial charge in [0.15, 0.2) is 0 Å². The average Bonchev–Trinajstić information content (AvgIpc) is 3.15. The number of aromatic nitrogens is 1. The summed E-state index contributed by atoms with van der Waals surface area (Å²) < 4.78 is 46.7. The van der Waals surface area contributed by atoms with Crippen LogP contribution in [0.15, 0.2) is 12.3 Å². The predicted octanol–water partition coefficient (Wildman–Crippen LogP) is 2.53. The summed E-state index contributed by atoms with van der Waals surface area (Å²) in [6.07, 6.45) is -0.430. The van der Waals surface area contributed by atoms with Crippen LogP contribution in [0.5, 0.6) is 0 Å². The van der Waals surface area contributed by atoms with Gasteiger partial charge in [-0.3, -0.25) is 0 Å². The Labute approximate surface area is 119 Å². The molecule has 1 heterocycles. The Morgan fingerprint density at radius 2 is 2.10 bits per heavy atom. The second kappa shape index (κ2) is 6.38. The van der Waals surface area contributed by atoms with Crippen molar-refractivity contribution >= 4 is 11.7 Å². The molecular formula is C13H17F3N2O3. The molecule has 0 atom stereocenters. The Hall–Kier alpha value is -1.70. The van der Waals surface area contributed by atoms with Crippen LogP contribution in [0.3, 0.4) is 0 Å². The van der Waals surface area contributed by atoms with Gasteiger partial charge in [0.2, 0.25) is 0 Å². The second-order valence-corrected chi connectivity index (χ2v) is 4.95. The lowest BCUT2D eigenvalue weighted by Crippen LogP contribution is -2.18. The van der Waals surface area contributed by atoms with Crippen LogP contribution in [-0.4, -0.2) is 36.5 Å². The summed E-state index contributed by atoms with van der Waals surface area (Å²) in [7, 11) is 0. The van der Waals surface area contributed by atoms with Crippen molar-refractivity contribution in [1.82, 2.24) is 4.57 Å². The van der Waals surface area contributed by atoms with Crippen LogP contribution in [0.1, 0.15) is 35.8 Å². The molecule has 1 aromatic rings. The number of nitrogen functional groups attached to an aromatic ring is 1. The predicted molar refractivity (Wildman–Crippen MR) is 68.9 cm³/mol. The van der Waals surface area contributed by atoms with E-state index in [-0.39, 0.29) is 19.6 Å². The number of anilines is 1. The molecule has 1 aliphatic rings. The van der Waals surface area contributed by atoms with E-state index in [0.717, 1.165) is 12.8 Å². The van der Waals surface area contributed by atoms with E-state index in [1.54, 1.807) is 16.8 Å². The Kier molecular flexibility index (Phi) is 4.76. The molecule has 118 valence electrons. The van der Waals surface area contributed by atoms with Crippen LogP contribution in [0.4, 0.5) is 18.9 Å². The third-order valence-electron chi connectivity index (χ3n) is 2.95. The topological polar surface area (TPSA) is 66.5 Å². The van der Waals surface area contributed by atoms with Crippen LogP contribution >= 0.6 is 0 Å². The summed E-state index contributed by atoms with van der Waals surface area (Å²) in [5.41, 5.74) is 6.53. The number of carbonyl (C=O) groups is 1. The molecule has 5 nitrogen and oxygen atoms in total. The van der Waals surface area contributed by atoms with Crippen molar-refractivity contribution in [1.29, 1.82) is 0 Å². The minimum absolute atomic E-state index is 0.00639. The smallest absolute Gasteiger partial charge is 0.411 e. The second-order valence-electron chi connectivity index (χ2n) is 4.95. The number of nitrogens with zero attached hydrogens (tertiary/aromatic N) is 1. The molecule has 0 radical (unpaired) electrons. The molecular weight excluding hydrogens is 289 g/mol. The Morgan fingerprint density at radius 1 is 1.38 bits per heavy atom. The van der Waals surface area contributed by atoms with E-state index in [0.29, 0.717) is 17.4 Å².